The molecule has 0 spiro atoms. The van der Waals surface area contributed by atoms with E-state index in [-0.39, 0.29) is 24.1 Å². The summed E-state index contributed by atoms with van der Waals surface area (Å²) in [5, 5.41) is 10.5. The highest BCUT2D eigenvalue weighted by Gasteiger charge is 2.33. The van der Waals surface area contributed by atoms with Gasteiger partial charge >= 0.3 is 5.97 Å². The summed E-state index contributed by atoms with van der Waals surface area (Å²) < 4.78 is 0. The Morgan fingerprint density at radius 2 is 2.14 bits per heavy atom. The van der Waals surface area contributed by atoms with E-state index in [1.807, 2.05) is 0 Å². The van der Waals surface area contributed by atoms with Crippen LogP contribution in [-0.2, 0) is 4.79 Å². The van der Waals surface area contributed by atoms with Crippen molar-refractivity contribution in [2.45, 2.75) is 25.3 Å². The molecule has 1 aromatic carbocycles. The van der Waals surface area contributed by atoms with Crippen LogP contribution in [0.4, 0.5) is 0 Å². The summed E-state index contributed by atoms with van der Waals surface area (Å²) in [4.78, 5) is 28.2. The predicted octanol–water partition coefficient (Wildman–Crippen LogP) is 3.55. The number of carbonyl (C=O) groups is 2. The van der Waals surface area contributed by atoms with Crippen molar-refractivity contribution in [1.82, 2.24) is 9.88 Å². The molecule has 2 heterocycles. The highest BCUT2D eigenvalue weighted by atomic mass is 35.5. The highest BCUT2D eigenvalue weighted by molar-refractivity contribution is 6.39. The Morgan fingerprint density at radius 1 is 1.36 bits per heavy atom. The lowest BCUT2D eigenvalue weighted by molar-refractivity contribution is -0.137. The molecule has 1 atom stereocenters. The van der Waals surface area contributed by atoms with Crippen LogP contribution in [0.15, 0.2) is 18.2 Å². The number of rotatable bonds is 3. The number of carboxylic acids is 1. The van der Waals surface area contributed by atoms with E-state index in [9.17, 15) is 9.59 Å². The van der Waals surface area contributed by atoms with Crippen LogP contribution in [0.1, 0.15) is 29.8 Å². The second kappa shape index (κ2) is 5.82. The maximum Gasteiger partial charge on any atom is 0.305 e. The Hall–Kier alpha value is -1.72. The number of nitrogens with one attached hydrogen (secondary N) is 1. The largest absolute Gasteiger partial charge is 0.481 e. The fourth-order valence-corrected chi connectivity index (χ4v) is 3.40. The van der Waals surface area contributed by atoms with Gasteiger partial charge in [-0.25, -0.2) is 0 Å². The van der Waals surface area contributed by atoms with Crippen LogP contribution in [0.5, 0.6) is 0 Å². The molecule has 1 saturated heterocycles. The number of amides is 1. The third kappa shape index (κ3) is 2.66. The van der Waals surface area contributed by atoms with Crippen LogP contribution in [0.3, 0.4) is 0 Å². The van der Waals surface area contributed by atoms with E-state index in [0.717, 1.165) is 11.9 Å². The molecular formula is C15H14Cl2N2O3. The number of carbonyl (C=O) groups excluding carboxylic acids is 1. The summed E-state index contributed by atoms with van der Waals surface area (Å²) in [6.45, 7) is 0.545. The van der Waals surface area contributed by atoms with Crippen molar-refractivity contribution in [3.05, 3.63) is 33.9 Å². The molecule has 1 aliphatic heterocycles. The van der Waals surface area contributed by atoms with E-state index < -0.39 is 5.97 Å². The smallest absolute Gasteiger partial charge is 0.305 e. The zero-order valence-electron chi connectivity index (χ0n) is 11.6. The summed E-state index contributed by atoms with van der Waals surface area (Å²) in [5.74, 6) is -1.17. The second-order valence-electron chi connectivity index (χ2n) is 5.40. The number of nitrogens with zero attached hydrogens (tertiary/aromatic N) is 1. The average molecular weight is 341 g/mol. The lowest BCUT2D eigenvalue weighted by Crippen LogP contribution is -2.37. The van der Waals surface area contributed by atoms with Gasteiger partial charge in [-0.2, -0.15) is 0 Å². The monoisotopic (exact) mass is 340 g/mol. The van der Waals surface area contributed by atoms with Crippen LogP contribution >= 0.6 is 23.2 Å². The van der Waals surface area contributed by atoms with Gasteiger partial charge in [0.2, 0.25) is 0 Å². The van der Waals surface area contributed by atoms with Gasteiger partial charge < -0.3 is 15.0 Å². The third-order valence-corrected chi connectivity index (χ3v) is 4.59. The number of hydrogen-bond acceptors (Lipinski definition) is 2. The summed E-state index contributed by atoms with van der Waals surface area (Å²) in [6, 6.07) is 4.90. The normalized spacial score (nSPS) is 18.1. The molecule has 5 nitrogen and oxygen atoms in total. The van der Waals surface area contributed by atoms with Crippen molar-refractivity contribution < 1.29 is 14.7 Å². The zero-order chi connectivity index (χ0) is 15.9. The summed E-state index contributed by atoms with van der Waals surface area (Å²) >= 11 is 12.3. The summed E-state index contributed by atoms with van der Waals surface area (Å²) in [6.07, 6.45) is 1.45. The van der Waals surface area contributed by atoms with Crippen LogP contribution < -0.4 is 0 Å². The Bertz CT molecular complexity index is 757. The molecule has 0 radical (unpaired) electrons. The van der Waals surface area contributed by atoms with Crippen molar-refractivity contribution in [2.24, 2.45) is 0 Å². The fraction of sp³-hybridized carbons (Fsp3) is 0.333. The Balaban J connectivity index is 1.95. The highest BCUT2D eigenvalue weighted by Crippen LogP contribution is 2.32. The minimum absolute atomic E-state index is 0.0462. The van der Waals surface area contributed by atoms with Gasteiger partial charge in [0.05, 0.1) is 11.4 Å². The molecule has 1 amide bonds. The first-order valence-electron chi connectivity index (χ1n) is 6.97. The standard InChI is InChI=1S/C15H14Cl2N2O3/c16-8-3-4-11-10(6-8)13(17)14(18-11)15(22)19-5-1-2-9(19)7-12(20)21/h3-4,6,9,18H,1-2,5,7H2,(H,20,21). The molecule has 0 aliphatic carbocycles. The Labute approximate surface area is 136 Å². The van der Waals surface area contributed by atoms with Gasteiger partial charge in [-0.1, -0.05) is 23.2 Å². The van der Waals surface area contributed by atoms with Crippen LogP contribution in [0, 0.1) is 0 Å². The van der Waals surface area contributed by atoms with Crippen molar-refractivity contribution in [2.75, 3.05) is 6.54 Å². The summed E-state index contributed by atoms with van der Waals surface area (Å²) in [7, 11) is 0. The van der Waals surface area contributed by atoms with Gasteiger partial charge in [-0.15, -0.1) is 0 Å². The zero-order valence-corrected chi connectivity index (χ0v) is 13.1. The Morgan fingerprint density at radius 3 is 2.86 bits per heavy atom. The number of aromatic amines is 1. The average Bonchev–Trinajstić information content (AvgIpc) is 3.03. The molecule has 1 aliphatic rings. The molecule has 0 bridgehead atoms. The number of H-pyrrole nitrogens is 1. The SMILES string of the molecule is O=C(O)CC1CCCN1C(=O)c1[nH]c2ccc(Cl)cc2c1Cl. The number of hydrogen-bond donors (Lipinski definition) is 2. The van der Waals surface area contributed by atoms with Gasteiger partial charge in [-0.05, 0) is 31.0 Å². The number of benzene rings is 1. The number of halogens is 2. The van der Waals surface area contributed by atoms with E-state index >= 15 is 0 Å². The molecule has 1 aromatic heterocycles. The van der Waals surface area contributed by atoms with Gasteiger partial charge in [-0.3, -0.25) is 9.59 Å². The molecule has 2 aromatic rings. The topological polar surface area (TPSA) is 73.4 Å². The number of aromatic nitrogens is 1. The van der Waals surface area contributed by atoms with Crippen molar-refractivity contribution in [1.29, 1.82) is 0 Å². The van der Waals surface area contributed by atoms with Crippen LogP contribution in [-0.4, -0.2) is 39.5 Å². The van der Waals surface area contributed by atoms with Gasteiger partial charge in [0.1, 0.15) is 5.69 Å². The van der Waals surface area contributed by atoms with Crippen LogP contribution in [0.2, 0.25) is 10.0 Å². The minimum atomic E-state index is -0.903. The first-order valence-corrected chi connectivity index (χ1v) is 7.72. The molecule has 116 valence electrons. The number of aliphatic carboxylic acids is 1. The molecule has 0 saturated carbocycles. The molecular weight excluding hydrogens is 327 g/mol. The maximum absolute atomic E-state index is 12.7. The molecule has 1 unspecified atom stereocenters. The van der Waals surface area contributed by atoms with Crippen molar-refractivity contribution >= 4 is 46.0 Å². The van der Waals surface area contributed by atoms with E-state index in [2.05, 4.69) is 4.98 Å². The van der Waals surface area contributed by atoms with E-state index in [0.29, 0.717) is 28.4 Å². The first-order chi connectivity index (χ1) is 10.5. The maximum atomic E-state index is 12.7. The van der Waals surface area contributed by atoms with Crippen LogP contribution in [0.25, 0.3) is 10.9 Å². The Kier molecular flexibility index (Phi) is 4.02. The number of carboxylic acid groups (broad SMARTS) is 1. The molecule has 7 heteroatoms. The van der Waals surface area contributed by atoms with E-state index in [4.69, 9.17) is 28.3 Å². The van der Waals surface area contributed by atoms with Gasteiger partial charge in [0, 0.05) is 28.5 Å². The van der Waals surface area contributed by atoms with Gasteiger partial charge in [0.15, 0.2) is 0 Å². The summed E-state index contributed by atoms with van der Waals surface area (Å²) in [5.41, 5.74) is 1.02. The number of fused-ring (bicyclic) bond motifs is 1. The lowest BCUT2D eigenvalue weighted by atomic mass is 10.1. The second-order valence-corrected chi connectivity index (χ2v) is 6.21. The quantitative estimate of drug-likeness (QED) is 0.897. The molecule has 22 heavy (non-hydrogen) atoms. The van der Waals surface area contributed by atoms with Gasteiger partial charge in [0.25, 0.3) is 5.91 Å². The molecule has 1 fully saturated rings. The first kappa shape index (κ1) is 15.2. The third-order valence-electron chi connectivity index (χ3n) is 3.96. The molecule has 3 rings (SSSR count). The van der Waals surface area contributed by atoms with Crippen molar-refractivity contribution in [3.63, 3.8) is 0 Å². The lowest BCUT2D eigenvalue weighted by Gasteiger charge is -2.23. The fourth-order valence-electron chi connectivity index (χ4n) is 2.94. The van der Waals surface area contributed by atoms with E-state index in [1.165, 1.54) is 0 Å². The van der Waals surface area contributed by atoms with Crippen molar-refractivity contribution in [3.8, 4) is 0 Å². The molecule has 2 N–H and O–H groups in total. The minimum Gasteiger partial charge on any atom is -0.481 e. The van der Waals surface area contributed by atoms with E-state index in [1.54, 1.807) is 23.1 Å². The number of likely N-dealkylation sites (tertiary alicyclic amines) is 1. The predicted molar refractivity (Wildman–Crippen MR) is 84.6 cm³/mol.